The quantitative estimate of drug-likeness (QED) is 0.148. The lowest BCUT2D eigenvalue weighted by atomic mass is 9.87. The van der Waals surface area contributed by atoms with Gasteiger partial charge in [0, 0.05) is 22.8 Å². The third kappa shape index (κ3) is 5.88. The van der Waals surface area contributed by atoms with E-state index in [2.05, 4.69) is 25.7 Å². The standard InChI is InChI=1S/C26H18F3N5O4S/c27-26(28,29)37-18-9-6-16(7-10-18)24-20-12-8-17-13-15(5-11-19(17)23(20)33-38-24)14-30-32-25(39)31-21-3-1-2-4-22(21)34(35)36/h1-7,9-11,13-14H,8,12H2,(H2-,31,32,33,35,36,39)/p+1. The van der Waals surface area contributed by atoms with Crippen LogP contribution < -0.4 is 15.5 Å². The zero-order valence-electron chi connectivity index (χ0n) is 19.9. The van der Waals surface area contributed by atoms with Crippen LogP contribution in [0.2, 0.25) is 0 Å². The highest BCUT2D eigenvalue weighted by Crippen LogP contribution is 2.39. The van der Waals surface area contributed by atoms with Crippen molar-refractivity contribution in [2.75, 3.05) is 5.32 Å². The molecule has 0 aliphatic heterocycles. The van der Waals surface area contributed by atoms with E-state index in [1.165, 1.54) is 30.3 Å². The average molecular weight is 555 g/mol. The van der Waals surface area contributed by atoms with Crippen LogP contribution in [0.3, 0.4) is 0 Å². The summed E-state index contributed by atoms with van der Waals surface area (Å²) < 4.78 is 46.8. The van der Waals surface area contributed by atoms with Crippen LogP contribution in [0.4, 0.5) is 24.5 Å². The van der Waals surface area contributed by atoms with Crippen molar-refractivity contribution >= 4 is 34.9 Å². The van der Waals surface area contributed by atoms with Gasteiger partial charge in [-0.3, -0.25) is 5.43 Å². The largest absolute Gasteiger partial charge is 0.573 e. The first kappa shape index (κ1) is 25.9. The normalized spacial score (nSPS) is 12.5. The highest BCUT2D eigenvalue weighted by molar-refractivity contribution is 7.80. The number of benzene rings is 3. The van der Waals surface area contributed by atoms with E-state index < -0.39 is 6.36 Å². The Hall–Kier alpha value is -4.78. The fraction of sp³-hybridized carbons (Fsp3) is 0.115. The smallest absolute Gasteiger partial charge is 0.406 e. The molecule has 0 saturated carbocycles. The van der Waals surface area contributed by atoms with Gasteiger partial charge in [0.25, 0.3) is 4.92 Å². The van der Waals surface area contributed by atoms with E-state index in [1.54, 1.807) is 24.4 Å². The van der Waals surface area contributed by atoms with Gasteiger partial charge in [0.05, 0.1) is 11.1 Å². The number of hydrogen-bond donors (Lipinski definition) is 3. The van der Waals surface area contributed by atoms with Gasteiger partial charge in [0.1, 0.15) is 17.1 Å². The van der Waals surface area contributed by atoms with Crippen molar-refractivity contribution in [2.24, 2.45) is 5.10 Å². The number of hydrogen-bond acceptors (Lipinski definition) is 6. The van der Waals surface area contributed by atoms with E-state index in [-0.39, 0.29) is 21.5 Å². The molecule has 0 spiro atoms. The minimum atomic E-state index is -4.76. The molecule has 0 bridgehead atoms. The van der Waals surface area contributed by atoms with Crippen molar-refractivity contribution in [3.8, 4) is 28.3 Å². The third-order valence-corrected chi connectivity index (χ3v) is 6.10. The van der Waals surface area contributed by atoms with Crippen molar-refractivity contribution in [2.45, 2.75) is 19.2 Å². The first-order valence-corrected chi connectivity index (χ1v) is 11.9. The molecule has 0 amide bonds. The van der Waals surface area contributed by atoms with Gasteiger partial charge in [-0.05, 0) is 72.6 Å². The van der Waals surface area contributed by atoms with Crippen LogP contribution >= 0.6 is 12.2 Å². The van der Waals surface area contributed by atoms with E-state index in [9.17, 15) is 23.3 Å². The molecular weight excluding hydrogens is 535 g/mol. The number of hydrazone groups is 1. The second-order valence-corrected chi connectivity index (χ2v) is 8.85. The summed E-state index contributed by atoms with van der Waals surface area (Å²) in [5.41, 5.74) is 7.88. The summed E-state index contributed by atoms with van der Waals surface area (Å²) in [5.74, 6) is 0.196. The fourth-order valence-electron chi connectivity index (χ4n) is 4.24. The van der Waals surface area contributed by atoms with Crippen LogP contribution in [0.5, 0.6) is 5.75 Å². The lowest BCUT2D eigenvalue weighted by molar-refractivity contribution is -0.729. The van der Waals surface area contributed by atoms with Gasteiger partial charge in [-0.1, -0.05) is 29.4 Å². The Morgan fingerprint density at radius 1 is 1.13 bits per heavy atom. The molecule has 0 atom stereocenters. The first-order valence-electron chi connectivity index (χ1n) is 11.5. The predicted molar refractivity (Wildman–Crippen MR) is 140 cm³/mol. The summed E-state index contributed by atoms with van der Waals surface area (Å²) in [6.07, 6.45) is -1.84. The second kappa shape index (κ2) is 10.5. The first-order chi connectivity index (χ1) is 18.7. The second-order valence-electron chi connectivity index (χ2n) is 8.44. The number of alkyl halides is 3. The van der Waals surface area contributed by atoms with Crippen molar-refractivity contribution in [1.29, 1.82) is 0 Å². The molecule has 9 nitrogen and oxygen atoms in total. The zero-order valence-corrected chi connectivity index (χ0v) is 20.7. The van der Waals surface area contributed by atoms with E-state index >= 15 is 0 Å². The van der Waals surface area contributed by atoms with Crippen molar-refractivity contribution in [3.63, 3.8) is 0 Å². The summed E-state index contributed by atoms with van der Waals surface area (Å²) >= 11 is 5.20. The molecule has 1 aliphatic carbocycles. The average Bonchev–Trinajstić information content (AvgIpc) is 3.33. The number of ether oxygens (including phenoxy) is 1. The van der Waals surface area contributed by atoms with Crippen LogP contribution in [-0.4, -0.2) is 33.0 Å². The molecule has 39 heavy (non-hydrogen) atoms. The number of aromatic nitrogens is 1. The van der Waals surface area contributed by atoms with Crippen molar-refractivity contribution < 1.29 is 32.6 Å². The molecule has 1 heterocycles. The third-order valence-electron chi connectivity index (χ3n) is 5.91. The van der Waals surface area contributed by atoms with Crippen LogP contribution in [0.15, 0.2) is 76.4 Å². The maximum Gasteiger partial charge on any atom is 0.573 e. The highest BCUT2D eigenvalue weighted by atomic mass is 32.1. The number of fused-ring (bicyclic) bond motifs is 3. The van der Waals surface area contributed by atoms with Gasteiger partial charge in [-0.15, -0.1) is 13.2 Å². The molecule has 3 aromatic carbocycles. The van der Waals surface area contributed by atoms with Crippen molar-refractivity contribution in [3.05, 3.63) is 88.3 Å². The fourth-order valence-corrected chi connectivity index (χ4v) is 4.40. The van der Waals surface area contributed by atoms with Crippen molar-refractivity contribution in [1.82, 2.24) is 10.6 Å². The lowest BCUT2D eigenvalue weighted by Gasteiger charge is -2.16. The van der Waals surface area contributed by atoms with Gasteiger partial charge < -0.3 is 14.6 Å². The lowest BCUT2D eigenvalue weighted by Crippen LogP contribution is -2.24. The molecule has 13 heteroatoms. The summed E-state index contributed by atoms with van der Waals surface area (Å²) in [7, 11) is 0. The molecule has 1 aromatic heterocycles. The van der Waals surface area contributed by atoms with Gasteiger partial charge in [0.2, 0.25) is 0 Å². The Kier molecular flexibility index (Phi) is 6.98. The Labute approximate surface area is 224 Å². The summed E-state index contributed by atoms with van der Waals surface area (Å²) in [6.45, 7) is 0. The summed E-state index contributed by atoms with van der Waals surface area (Å²) in [5, 5.41) is 20.5. The maximum absolute atomic E-state index is 12.4. The Balaban J connectivity index is 1.27. The zero-order chi connectivity index (χ0) is 27.6. The minimum Gasteiger partial charge on any atom is -0.406 e. The van der Waals surface area contributed by atoms with Crippen LogP contribution in [0.1, 0.15) is 16.7 Å². The predicted octanol–water partition coefficient (Wildman–Crippen LogP) is 6.13. The van der Waals surface area contributed by atoms with E-state index in [4.69, 9.17) is 16.7 Å². The number of rotatable bonds is 6. The van der Waals surface area contributed by atoms with E-state index in [1.807, 2.05) is 18.2 Å². The number of para-hydroxylation sites is 2. The molecule has 0 unspecified atom stereocenters. The summed E-state index contributed by atoms with van der Waals surface area (Å²) in [4.78, 5) is 11.0. The van der Waals surface area contributed by atoms with E-state index in [0.717, 1.165) is 22.3 Å². The number of aryl methyl sites for hydroxylation is 1. The van der Waals surface area contributed by atoms with Gasteiger partial charge >= 0.3 is 12.0 Å². The number of nitrogens with one attached hydrogen (secondary N) is 2. The van der Waals surface area contributed by atoms with Gasteiger partial charge in [-0.2, -0.15) is 5.10 Å². The van der Waals surface area contributed by atoms with E-state index in [0.29, 0.717) is 35.5 Å². The van der Waals surface area contributed by atoms with Gasteiger partial charge in [0.15, 0.2) is 10.9 Å². The molecule has 5 rings (SSSR count). The summed E-state index contributed by atoms with van der Waals surface area (Å²) in [6, 6.07) is 17.5. The molecule has 1 aliphatic rings. The topological polar surface area (TPSA) is 112 Å². The number of anilines is 1. The SMILES string of the molecule is O=[N+](O)c1ccccc1NC(=S)N/N=C/c1ccc2c(c1)CCc1c-2noc1-c1ccc(OC(F)(F)F)cc1. The molecule has 4 aromatic rings. The molecular formula is C26H19F3N5O4S+. The molecule has 3 N–H and O–H groups in total. The molecule has 0 radical (unpaired) electrons. The highest BCUT2D eigenvalue weighted by Gasteiger charge is 2.31. The number of halogens is 3. The Morgan fingerprint density at radius 3 is 2.64 bits per heavy atom. The van der Waals surface area contributed by atoms with Crippen LogP contribution in [0, 0.1) is 4.91 Å². The molecule has 198 valence electrons. The number of nitrogens with zero attached hydrogens (tertiary/aromatic N) is 3. The molecule has 0 fully saturated rings. The molecule has 0 saturated heterocycles. The maximum atomic E-state index is 12.4. The van der Waals surface area contributed by atoms with Gasteiger partial charge in [-0.25, -0.2) is 5.21 Å². The Morgan fingerprint density at radius 2 is 1.90 bits per heavy atom. The number of thiocarbonyl (C=S) groups is 1. The Bertz CT molecular complexity index is 1590. The monoisotopic (exact) mass is 554 g/mol. The minimum absolute atomic E-state index is 0.00295. The van der Waals surface area contributed by atoms with Crippen LogP contribution in [-0.2, 0) is 12.8 Å². The van der Waals surface area contributed by atoms with Crippen LogP contribution in [0.25, 0.3) is 22.6 Å².